The highest BCUT2D eigenvalue weighted by Crippen LogP contribution is 2.07. The Labute approximate surface area is 77.8 Å². The lowest BCUT2D eigenvalue weighted by atomic mass is 10.3. The van der Waals surface area contributed by atoms with E-state index in [1.54, 1.807) is 12.4 Å². The third-order valence-corrected chi connectivity index (χ3v) is 2.34. The molecule has 1 rings (SSSR count). The topological polar surface area (TPSA) is 24.9 Å². The average Bonchev–Trinajstić information content (AvgIpc) is 2.06. The molecule has 0 bridgehead atoms. The second kappa shape index (κ2) is 5.04. The van der Waals surface area contributed by atoms with E-state index in [4.69, 9.17) is 0 Å². The third-order valence-electron chi connectivity index (χ3n) is 1.51. The first-order chi connectivity index (χ1) is 5.83. The molecule has 1 aromatic rings. The zero-order valence-corrected chi connectivity index (χ0v) is 8.27. The lowest BCUT2D eigenvalue weighted by Crippen LogP contribution is -2.17. The SMILES string of the molecule is CSCC(C)Nc1ccncc1. The predicted molar refractivity (Wildman–Crippen MR) is 55.7 cm³/mol. The number of nitrogens with zero attached hydrogens (tertiary/aromatic N) is 1. The first-order valence-electron chi connectivity index (χ1n) is 3.98. The maximum absolute atomic E-state index is 3.95. The van der Waals surface area contributed by atoms with Gasteiger partial charge >= 0.3 is 0 Å². The van der Waals surface area contributed by atoms with Crippen molar-refractivity contribution < 1.29 is 0 Å². The van der Waals surface area contributed by atoms with Gasteiger partial charge in [0, 0.05) is 29.9 Å². The maximum atomic E-state index is 3.95. The summed E-state index contributed by atoms with van der Waals surface area (Å²) in [5.41, 5.74) is 1.14. The molecule has 1 aromatic heterocycles. The zero-order chi connectivity index (χ0) is 8.81. The number of anilines is 1. The van der Waals surface area contributed by atoms with Gasteiger partial charge in [0.25, 0.3) is 0 Å². The summed E-state index contributed by atoms with van der Waals surface area (Å²) in [6.07, 6.45) is 5.72. The lowest BCUT2D eigenvalue weighted by molar-refractivity contribution is 0.913. The molecule has 0 spiro atoms. The van der Waals surface area contributed by atoms with Gasteiger partial charge in [-0.05, 0) is 25.3 Å². The van der Waals surface area contributed by atoms with Gasteiger partial charge in [-0.1, -0.05) is 0 Å². The number of pyridine rings is 1. The number of nitrogens with one attached hydrogen (secondary N) is 1. The molecule has 0 saturated carbocycles. The van der Waals surface area contributed by atoms with Crippen LogP contribution in [-0.2, 0) is 0 Å². The van der Waals surface area contributed by atoms with Gasteiger partial charge in [-0.2, -0.15) is 11.8 Å². The summed E-state index contributed by atoms with van der Waals surface area (Å²) in [7, 11) is 0. The van der Waals surface area contributed by atoms with Gasteiger partial charge in [-0.15, -0.1) is 0 Å². The average molecular weight is 182 g/mol. The number of rotatable bonds is 4. The molecule has 0 aliphatic heterocycles. The number of hydrogen-bond donors (Lipinski definition) is 1. The molecule has 0 radical (unpaired) electrons. The van der Waals surface area contributed by atoms with Crippen molar-refractivity contribution in [1.29, 1.82) is 0 Å². The molecule has 1 unspecified atom stereocenters. The monoisotopic (exact) mass is 182 g/mol. The normalized spacial score (nSPS) is 12.5. The van der Waals surface area contributed by atoms with Crippen molar-refractivity contribution in [2.75, 3.05) is 17.3 Å². The zero-order valence-electron chi connectivity index (χ0n) is 7.45. The van der Waals surface area contributed by atoms with Gasteiger partial charge in [-0.3, -0.25) is 4.98 Å². The molecular weight excluding hydrogens is 168 g/mol. The molecular formula is C9H14N2S. The summed E-state index contributed by atoms with van der Waals surface area (Å²) in [5.74, 6) is 1.13. The molecule has 1 heterocycles. The van der Waals surface area contributed by atoms with Crippen molar-refractivity contribution in [3.63, 3.8) is 0 Å². The summed E-state index contributed by atoms with van der Waals surface area (Å²) in [5, 5.41) is 3.38. The van der Waals surface area contributed by atoms with E-state index in [1.165, 1.54) is 0 Å². The first-order valence-corrected chi connectivity index (χ1v) is 5.38. The molecule has 0 aromatic carbocycles. The van der Waals surface area contributed by atoms with Crippen molar-refractivity contribution in [1.82, 2.24) is 4.98 Å². The van der Waals surface area contributed by atoms with E-state index in [0.29, 0.717) is 6.04 Å². The molecule has 0 aliphatic rings. The maximum Gasteiger partial charge on any atom is 0.0373 e. The van der Waals surface area contributed by atoms with E-state index in [0.717, 1.165) is 11.4 Å². The van der Waals surface area contributed by atoms with Crippen LogP contribution in [0.3, 0.4) is 0 Å². The lowest BCUT2D eigenvalue weighted by Gasteiger charge is -2.12. The highest BCUT2D eigenvalue weighted by Gasteiger charge is 1.98. The first kappa shape index (κ1) is 9.39. The van der Waals surface area contributed by atoms with Crippen LogP contribution >= 0.6 is 11.8 Å². The molecule has 12 heavy (non-hydrogen) atoms. The Balaban J connectivity index is 2.41. The van der Waals surface area contributed by atoms with Crippen molar-refractivity contribution in [3.05, 3.63) is 24.5 Å². The third kappa shape index (κ3) is 3.13. The smallest absolute Gasteiger partial charge is 0.0373 e. The predicted octanol–water partition coefficient (Wildman–Crippen LogP) is 2.25. The van der Waals surface area contributed by atoms with Crippen LogP contribution in [0.15, 0.2) is 24.5 Å². The molecule has 1 N–H and O–H groups in total. The minimum Gasteiger partial charge on any atom is -0.382 e. The summed E-state index contributed by atoms with van der Waals surface area (Å²) < 4.78 is 0. The summed E-state index contributed by atoms with van der Waals surface area (Å²) in [4.78, 5) is 3.95. The quantitative estimate of drug-likeness (QED) is 0.773. The van der Waals surface area contributed by atoms with Crippen LogP contribution in [0.1, 0.15) is 6.92 Å². The molecule has 0 saturated heterocycles. The van der Waals surface area contributed by atoms with Crippen molar-refractivity contribution in [3.8, 4) is 0 Å². The van der Waals surface area contributed by atoms with E-state index >= 15 is 0 Å². The Hall–Kier alpha value is -0.700. The fraction of sp³-hybridized carbons (Fsp3) is 0.444. The molecule has 2 nitrogen and oxygen atoms in total. The Morgan fingerprint density at radius 1 is 1.50 bits per heavy atom. The van der Waals surface area contributed by atoms with E-state index in [1.807, 2.05) is 23.9 Å². The fourth-order valence-corrected chi connectivity index (χ4v) is 1.61. The van der Waals surface area contributed by atoms with E-state index in [-0.39, 0.29) is 0 Å². The van der Waals surface area contributed by atoms with E-state index in [2.05, 4.69) is 23.5 Å². The van der Waals surface area contributed by atoms with Gasteiger partial charge in [0.2, 0.25) is 0 Å². The standard InChI is InChI=1S/C9H14N2S/c1-8(7-12-2)11-9-3-5-10-6-4-9/h3-6,8H,7H2,1-2H3,(H,10,11). The summed E-state index contributed by atoms with van der Waals surface area (Å²) in [6, 6.07) is 4.48. The van der Waals surface area contributed by atoms with Crippen LogP contribution in [0.25, 0.3) is 0 Å². The number of aromatic nitrogens is 1. The minimum atomic E-state index is 0.516. The minimum absolute atomic E-state index is 0.516. The molecule has 66 valence electrons. The summed E-state index contributed by atoms with van der Waals surface area (Å²) in [6.45, 7) is 2.18. The molecule has 0 amide bonds. The van der Waals surface area contributed by atoms with Gasteiger partial charge in [0.1, 0.15) is 0 Å². The number of hydrogen-bond acceptors (Lipinski definition) is 3. The summed E-state index contributed by atoms with van der Waals surface area (Å²) >= 11 is 1.85. The largest absolute Gasteiger partial charge is 0.382 e. The van der Waals surface area contributed by atoms with Crippen molar-refractivity contribution in [2.45, 2.75) is 13.0 Å². The Kier molecular flexibility index (Phi) is 3.94. The van der Waals surface area contributed by atoms with Crippen molar-refractivity contribution in [2.24, 2.45) is 0 Å². The molecule has 3 heteroatoms. The second-order valence-corrected chi connectivity index (χ2v) is 3.65. The highest BCUT2D eigenvalue weighted by molar-refractivity contribution is 7.98. The van der Waals surface area contributed by atoms with Gasteiger partial charge < -0.3 is 5.32 Å². The highest BCUT2D eigenvalue weighted by atomic mass is 32.2. The Bertz CT molecular complexity index is 213. The molecule has 1 atom stereocenters. The van der Waals surface area contributed by atoms with E-state index in [9.17, 15) is 0 Å². The fourth-order valence-electron chi connectivity index (χ4n) is 1.02. The van der Waals surface area contributed by atoms with Gasteiger partial charge in [-0.25, -0.2) is 0 Å². The number of thioether (sulfide) groups is 1. The van der Waals surface area contributed by atoms with Crippen LogP contribution < -0.4 is 5.32 Å². The van der Waals surface area contributed by atoms with E-state index < -0.39 is 0 Å². The van der Waals surface area contributed by atoms with Crippen LogP contribution in [0.2, 0.25) is 0 Å². The van der Waals surface area contributed by atoms with Crippen LogP contribution in [0.5, 0.6) is 0 Å². The van der Waals surface area contributed by atoms with Gasteiger partial charge in [0.15, 0.2) is 0 Å². The Morgan fingerprint density at radius 3 is 2.75 bits per heavy atom. The molecule has 0 aliphatic carbocycles. The Morgan fingerprint density at radius 2 is 2.17 bits per heavy atom. The second-order valence-electron chi connectivity index (χ2n) is 2.74. The van der Waals surface area contributed by atoms with Crippen LogP contribution in [-0.4, -0.2) is 23.0 Å². The van der Waals surface area contributed by atoms with Crippen LogP contribution in [0.4, 0.5) is 5.69 Å². The van der Waals surface area contributed by atoms with Gasteiger partial charge in [0.05, 0.1) is 0 Å². The van der Waals surface area contributed by atoms with Crippen molar-refractivity contribution >= 4 is 17.4 Å². The van der Waals surface area contributed by atoms with Crippen LogP contribution in [0, 0.1) is 0 Å². The molecule has 0 fully saturated rings.